The molecule has 94 heavy (non-hydrogen) atoms. The first-order chi connectivity index (χ1) is 44.6. The van der Waals surface area contributed by atoms with Gasteiger partial charge in [-0.3, -0.25) is 9.11 Å². The SMILES string of the molecule is C=CC#N.CC(CC[C@@H](OS(=O)(=O)O)C(C)C)[C@H]1CCC2C1[C@H](C)CC1C2[C@H](O)C[C@H]2C[C@@H](NCCCNCCCCN)CC[C@]12C.CC(CC[C@@H](OS(=O)(=O)O)C(C)C)[C@H]1CCC2C1[C@H](C)CC1C2[C@H](O)C[C@H]2C[C@@H](NCCCNCCCCNCCCN)CC[C@]12C. The zero-order chi connectivity index (χ0) is 69.0. The Hall–Kier alpha value is -1.39. The number of hydrogen-bond acceptors (Lipinski definition) is 16. The van der Waals surface area contributed by atoms with Crippen molar-refractivity contribution >= 4 is 20.8 Å². The Kier molecular flexibility index (Phi) is 34.0. The molecule has 0 amide bonds. The molecule has 0 spiro atoms. The largest absolute Gasteiger partial charge is 0.397 e. The molecule has 10 unspecified atom stereocenters. The second kappa shape index (κ2) is 39.1. The molecule has 0 heterocycles. The predicted octanol–water partition coefficient (Wildman–Crippen LogP) is 11.5. The van der Waals surface area contributed by atoms with Gasteiger partial charge in [-0.15, -0.1) is 0 Å². The molecule has 0 aromatic heterocycles. The number of nitrogens with two attached hydrogens (primary N) is 2. The van der Waals surface area contributed by atoms with E-state index in [1.54, 1.807) is 6.07 Å². The van der Waals surface area contributed by atoms with Crippen LogP contribution < -0.4 is 38.1 Å². The maximum Gasteiger partial charge on any atom is 0.397 e. The molecule has 0 aromatic carbocycles. The second-order valence-corrected chi connectivity index (χ2v) is 35.1. The average Bonchev–Trinajstić information content (AvgIpc) is 1.28. The maximum absolute atomic E-state index is 11.8. The monoisotopic (exact) mass is 1370 g/mol. The van der Waals surface area contributed by atoms with Crippen molar-refractivity contribution in [3.8, 4) is 6.07 Å². The second-order valence-electron chi connectivity index (χ2n) is 33.0. The highest BCUT2D eigenvalue weighted by Gasteiger charge is 2.63. The van der Waals surface area contributed by atoms with Crippen molar-refractivity contribution in [3.05, 3.63) is 12.7 Å². The van der Waals surface area contributed by atoms with Gasteiger partial charge in [-0.25, -0.2) is 8.37 Å². The van der Waals surface area contributed by atoms with Crippen molar-refractivity contribution in [2.24, 2.45) is 129 Å². The number of fused-ring (bicyclic) bond motifs is 10. The zero-order valence-electron chi connectivity index (χ0n) is 60.5. The van der Waals surface area contributed by atoms with Gasteiger partial charge in [-0.05, 0) is 343 Å². The highest BCUT2D eigenvalue weighted by Crippen LogP contribution is 2.68. The molecule has 18 nitrogen and oxygen atoms in total. The zero-order valence-corrected chi connectivity index (χ0v) is 62.2. The van der Waals surface area contributed by atoms with Crippen LogP contribution in [0.2, 0.25) is 0 Å². The van der Waals surface area contributed by atoms with Gasteiger partial charge in [0.05, 0.1) is 30.5 Å². The molecule has 0 radical (unpaired) electrons. The molecule has 548 valence electrons. The van der Waals surface area contributed by atoms with Crippen LogP contribution in [0.1, 0.15) is 230 Å². The minimum Gasteiger partial charge on any atom is -0.393 e. The summed E-state index contributed by atoms with van der Waals surface area (Å²) >= 11 is 0. The lowest BCUT2D eigenvalue weighted by Crippen LogP contribution is -2.59. The number of aliphatic hydroxyl groups is 2. The Morgan fingerprint density at radius 3 is 1.24 bits per heavy atom. The molecule has 8 aliphatic rings. The van der Waals surface area contributed by atoms with E-state index in [9.17, 15) is 36.2 Å². The van der Waals surface area contributed by atoms with E-state index in [0.29, 0.717) is 130 Å². The molecule has 8 rings (SSSR count). The van der Waals surface area contributed by atoms with Crippen molar-refractivity contribution < 1.29 is 44.5 Å². The first-order valence-corrected chi connectivity index (χ1v) is 41.0. The number of unbranched alkanes of at least 4 members (excludes halogenated alkanes) is 2. The van der Waals surface area contributed by atoms with Gasteiger partial charge in [-0.1, -0.05) is 75.8 Å². The van der Waals surface area contributed by atoms with E-state index in [-0.39, 0.29) is 24.0 Å². The molecule has 8 aliphatic carbocycles. The van der Waals surface area contributed by atoms with Gasteiger partial charge in [0.15, 0.2) is 0 Å². The highest BCUT2D eigenvalue weighted by atomic mass is 32.3. The molecular formula is C74H140N8O10S2. The van der Waals surface area contributed by atoms with E-state index in [4.69, 9.17) is 25.1 Å². The van der Waals surface area contributed by atoms with Crippen LogP contribution in [-0.2, 0) is 29.2 Å². The number of allylic oxidation sites excluding steroid dienone is 1. The van der Waals surface area contributed by atoms with Crippen LogP contribution in [0.25, 0.3) is 0 Å². The lowest BCUT2D eigenvalue weighted by atomic mass is 9.44. The highest BCUT2D eigenvalue weighted by molar-refractivity contribution is 7.81. The Balaban J connectivity index is 0.000000283. The van der Waals surface area contributed by atoms with E-state index in [2.05, 4.69) is 74.7 Å². The number of nitriles is 1. The number of rotatable bonds is 36. The smallest absolute Gasteiger partial charge is 0.393 e. The van der Waals surface area contributed by atoms with Crippen LogP contribution in [0, 0.1) is 129 Å². The van der Waals surface area contributed by atoms with Gasteiger partial charge in [-0.2, -0.15) is 22.1 Å². The molecule has 0 saturated heterocycles. The molecule has 8 saturated carbocycles. The van der Waals surface area contributed by atoms with Crippen LogP contribution >= 0.6 is 0 Å². The van der Waals surface area contributed by atoms with Crippen LogP contribution in [0.15, 0.2) is 12.7 Å². The minimum absolute atomic E-state index is 0.0168. The van der Waals surface area contributed by atoms with Crippen molar-refractivity contribution in [2.75, 3.05) is 65.4 Å². The first kappa shape index (κ1) is 81.6. The van der Waals surface area contributed by atoms with Crippen molar-refractivity contribution in [2.45, 2.75) is 266 Å². The van der Waals surface area contributed by atoms with E-state index in [0.717, 1.165) is 123 Å². The number of nitrogens with one attached hydrogen (secondary N) is 5. The van der Waals surface area contributed by atoms with Gasteiger partial charge in [0, 0.05) is 18.2 Å². The molecule has 0 bridgehead atoms. The Bertz CT molecular complexity index is 2460. The van der Waals surface area contributed by atoms with Gasteiger partial charge in [0.25, 0.3) is 0 Å². The number of nitrogens with zero attached hydrogens (tertiary/aromatic N) is 1. The summed E-state index contributed by atoms with van der Waals surface area (Å²) in [4.78, 5) is 0. The third kappa shape index (κ3) is 23.1. The lowest BCUT2D eigenvalue weighted by molar-refractivity contribution is -0.160. The Labute approximate surface area is 573 Å². The molecule has 8 fully saturated rings. The topological polar surface area (TPSA) is 304 Å². The van der Waals surface area contributed by atoms with Gasteiger partial charge < -0.3 is 48.3 Å². The Morgan fingerprint density at radius 1 is 0.532 bits per heavy atom. The van der Waals surface area contributed by atoms with Crippen molar-refractivity contribution in [1.82, 2.24) is 26.6 Å². The summed E-state index contributed by atoms with van der Waals surface area (Å²) < 4.78 is 74.2. The summed E-state index contributed by atoms with van der Waals surface area (Å²) in [6.07, 6.45) is 27.6. The van der Waals surface area contributed by atoms with Crippen LogP contribution in [0.4, 0.5) is 0 Å². The summed E-state index contributed by atoms with van der Waals surface area (Å²) in [5.41, 5.74) is 11.8. The van der Waals surface area contributed by atoms with Gasteiger partial charge in [0.2, 0.25) is 0 Å². The van der Waals surface area contributed by atoms with Gasteiger partial charge >= 0.3 is 20.8 Å². The van der Waals surface area contributed by atoms with E-state index in [1.807, 2.05) is 27.7 Å². The summed E-state index contributed by atoms with van der Waals surface area (Å²) in [5, 5.41) is 49.4. The van der Waals surface area contributed by atoms with E-state index >= 15 is 0 Å². The third-order valence-corrected chi connectivity index (χ3v) is 27.4. The summed E-state index contributed by atoms with van der Waals surface area (Å²) in [6.45, 7) is 35.8. The average molecular weight is 1370 g/mol. The van der Waals surface area contributed by atoms with Crippen LogP contribution in [0.5, 0.6) is 0 Å². The van der Waals surface area contributed by atoms with Crippen molar-refractivity contribution in [1.29, 1.82) is 5.26 Å². The minimum atomic E-state index is -4.45. The maximum atomic E-state index is 11.8. The molecular weight excluding hydrogens is 1220 g/mol. The quantitative estimate of drug-likeness (QED) is 0.0158. The van der Waals surface area contributed by atoms with E-state index in [1.165, 1.54) is 96.0 Å². The molecule has 13 N–H and O–H groups in total. The summed E-state index contributed by atoms with van der Waals surface area (Å²) in [7, 11) is -8.90. The first-order valence-electron chi connectivity index (χ1n) is 38.3. The molecule has 24 atom stereocenters. The van der Waals surface area contributed by atoms with Gasteiger partial charge in [0.1, 0.15) is 0 Å². The molecule has 0 aromatic rings. The fraction of sp³-hybridized carbons (Fsp3) is 0.959. The predicted molar refractivity (Wildman–Crippen MR) is 381 cm³/mol. The van der Waals surface area contributed by atoms with Crippen LogP contribution in [0.3, 0.4) is 0 Å². The molecule has 20 heteroatoms. The third-order valence-electron chi connectivity index (χ3n) is 26.4. The fourth-order valence-corrected chi connectivity index (χ4v) is 22.8. The normalized spacial score (nSPS) is 36.6. The number of hydrogen-bond donors (Lipinski definition) is 11. The lowest BCUT2D eigenvalue weighted by Gasteiger charge is -2.62. The van der Waals surface area contributed by atoms with Crippen molar-refractivity contribution in [3.63, 3.8) is 0 Å². The standard InChI is InChI=1S/C37H72N4O5S.C34H65N3O5S.C3H3N/c1-25(2)34(46-47(43,44)45)13-10-26(3)30-11-12-31-35(30)27(4)22-32-36(31)33(42)24-28-23-29(14-15-37(28,32)5)41-21-9-20-40-18-7-6-17-39-19-8-16-38;1-22(2)31(42-43(39,40)41)12-9-23(3)27-10-11-28-32(27)24(4)19-29-33(28)30(38)21-25-20-26(13-14-34(25,29)5)37-18-8-17-36-16-7-6-15-35;1-2-3-4/h25-36,39-42H,6-24,38H2,1-5H3,(H,43,44,45);22-33,36-38H,6-21,35H2,1-5H3,(H,39,40,41);2H,1H2/t26?,27-,28-,29+,30-,31?,32?,33-,34-,35?,36?,37+;23?,24-,25-,26+,27-,28?,29?,30-,31-,32?,33?,34+;/m11./s1. The fourth-order valence-electron chi connectivity index (χ4n) is 21.6. The number of aliphatic hydroxyl groups excluding tert-OH is 2. The summed E-state index contributed by atoms with van der Waals surface area (Å²) in [5.74, 6) is 9.15. The molecule has 0 aliphatic heterocycles. The van der Waals surface area contributed by atoms with E-state index < -0.39 is 33.0 Å². The van der Waals surface area contributed by atoms with Crippen LogP contribution in [-0.4, -0.2) is 138 Å². The Morgan fingerprint density at radius 2 is 0.894 bits per heavy atom. The summed E-state index contributed by atoms with van der Waals surface area (Å²) in [6, 6.07) is 2.84.